The molecule has 0 amide bonds. The molecule has 3 saturated heterocycles. The van der Waals surface area contributed by atoms with Crippen LogP contribution >= 0.6 is 0 Å². The molecule has 9 heteroatoms. The van der Waals surface area contributed by atoms with Crippen molar-refractivity contribution in [3.8, 4) is 0 Å². The Hall–Kier alpha value is -1.50. The topological polar surface area (TPSA) is 125 Å². The normalized spacial score (nSPS) is 44.3. The molecule has 3 rings (SSSR count). The molecule has 2 bridgehead atoms. The van der Waals surface area contributed by atoms with Crippen LogP contribution in [0.4, 0.5) is 0 Å². The smallest absolute Gasteiger partial charge is 0.163 e. The molecular formula is C11H16N6O3. The van der Waals surface area contributed by atoms with E-state index in [1.165, 1.54) is 0 Å². The summed E-state index contributed by atoms with van der Waals surface area (Å²) in [4.78, 5) is 5.71. The standard InChI is InChI=1S/C11H16N6O3/c1-10(2)19-8-7(15-17-13)6-3-4-11(18-6,5-14-16-12)9(8)20-10/h6-9H,3-5H2,1-2H3. The maximum atomic E-state index is 8.74. The lowest BCUT2D eigenvalue weighted by Gasteiger charge is -2.42. The first kappa shape index (κ1) is 13.5. The van der Waals surface area contributed by atoms with Crippen molar-refractivity contribution in [2.75, 3.05) is 6.54 Å². The predicted molar refractivity (Wildman–Crippen MR) is 67.6 cm³/mol. The lowest BCUT2D eigenvalue weighted by atomic mass is 9.88. The number of rotatable bonds is 3. The quantitative estimate of drug-likeness (QED) is 0.447. The number of nitrogens with zero attached hydrogens (tertiary/aromatic N) is 6. The number of ether oxygens (including phenoxy) is 3. The molecule has 0 aliphatic carbocycles. The zero-order valence-corrected chi connectivity index (χ0v) is 11.3. The van der Waals surface area contributed by atoms with Gasteiger partial charge in [0.05, 0.1) is 18.7 Å². The van der Waals surface area contributed by atoms with Gasteiger partial charge in [0.1, 0.15) is 17.8 Å². The van der Waals surface area contributed by atoms with Crippen LogP contribution in [0, 0.1) is 0 Å². The van der Waals surface area contributed by atoms with E-state index in [0.29, 0.717) is 6.42 Å². The van der Waals surface area contributed by atoms with E-state index in [2.05, 4.69) is 20.1 Å². The van der Waals surface area contributed by atoms with Crippen molar-refractivity contribution in [3.05, 3.63) is 20.9 Å². The molecule has 5 unspecified atom stereocenters. The van der Waals surface area contributed by atoms with E-state index in [4.69, 9.17) is 25.3 Å². The van der Waals surface area contributed by atoms with Gasteiger partial charge in [0.15, 0.2) is 5.79 Å². The highest BCUT2D eigenvalue weighted by atomic mass is 16.8. The molecule has 108 valence electrons. The van der Waals surface area contributed by atoms with Crippen LogP contribution in [0.3, 0.4) is 0 Å². The summed E-state index contributed by atoms with van der Waals surface area (Å²) in [6.45, 7) is 3.82. The van der Waals surface area contributed by atoms with Crippen LogP contribution in [0.15, 0.2) is 10.2 Å². The molecule has 0 saturated carbocycles. The van der Waals surface area contributed by atoms with E-state index in [1.807, 2.05) is 13.8 Å². The summed E-state index contributed by atoms with van der Waals surface area (Å²) in [5.41, 5.74) is 16.6. The van der Waals surface area contributed by atoms with Crippen molar-refractivity contribution < 1.29 is 14.2 Å². The maximum Gasteiger partial charge on any atom is 0.163 e. The summed E-state index contributed by atoms with van der Waals surface area (Å²) < 4.78 is 17.9. The number of hydrogen-bond donors (Lipinski definition) is 0. The highest BCUT2D eigenvalue weighted by molar-refractivity contribution is 5.13. The average Bonchev–Trinajstić information content (AvgIpc) is 2.93. The molecule has 0 spiro atoms. The largest absolute Gasteiger partial charge is 0.368 e. The van der Waals surface area contributed by atoms with E-state index in [0.717, 1.165) is 6.42 Å². The highest BCUT2D eigenvalue weighted by Crippen LogP contribution is 2.50. The van der Waals surface area contributed by atoms with Gasteiger partial charge in [-0.25, -0.2) is 0 Å². The summed E-state index contributed by atoms with van der Waals surface area (Å²) in [6.07, 6.45) is 0.478. The summed E-state index contributed by atoms with van der Waals surface area (Å²) in [6, 6.07) is -0.409. The minimum Gasteiger partial charge on any atom is -0.368 e. The molecular weight excluding hydrogens is 264 g/mol. The van der Waals surface area contributed by atoms with Gasteiger partial charge in [-0.2, -0.15) is 0 Å². The Morgan fingerprint density at radius 3 is 2.70 bits per heavy atom. The van der Waals surface area contributed by atoms with Crippen molar-refractivity contribution in [3.63, 3.8) is 0 Å². The summed E-state index contributed by atoms with van der Waals surface area (Å²) in [5, 5.41) is 7.49. The van der Waals surface area contributed by atoms with Gasteiger partial charge < -0.3 is 14.2 Å². The number of fused-ring (bicyclic) bond motifs is 4. The fourth-order valence-electron chi connectivity index (χ4n) is 3.47. The van der Waals surface area contributed by atoms with Gasteiger partial charge >= 0.3 is 0 Å². The van der Waals surface area contributed by atoms with Crippen LogP contribution < -0.4 is 0 Å². The Morgan fingerprint density at radius 1 is 1.20 bits per heavy atom. The van der Waals surface area contributed by atoms with Gasteiger partial charge in [-0.3, -0.25) is 0 Å². The highest BCUT2D eigenvalue weighted by Gasteiger charge is 2.64. The lowest BCUT2D eigenvalue weighted by Crippen LogP contribution is -2.59. The van der Waals surface area contributed by atoms with E-state index in [-0.39, 0.29) is 18.8 Å². The van der Waals surface area contributed by atoms with E-state index in [1.54, 1.807) is 0 Å². The molecule has 3 aliphatic heterocycles. The van der Waals surface area contributed by atoms with Crippen LogP contribution in [-0.4, -0.2) is 42.3 Å². The second-order valence-electron chi connectivity index (χ2n) is 5.86. The molecule has 0 radical (unpaired) electrons. The van der Waals surface area contributed by atoms with Gasteiger partial charge in [-0.05, 0) is 37.8 Å². The number of azide groups is 2. The molecule has 5 atom stereocenters. The Labute approximate surface area is 115 Å². The summed E-state index contributed by atoms with van der Waals surface area (Å²) in [7, 11) is 0. The van der Waals surface area contributed by atoms with E-state index < -0.39 is 23.5 Å². The van der Waals surface area contributed by atoms with E-state index >= 15 is 0 Å². The second-order valence-corrected chi connectivity index (χ2v) is 5.86. The molecule has 20 heavy (non-hydrogen) atoms. The maximum absolute atomic E-state index is 8.74. The first-order valence-electron chi connectivity index (χ1n) is 6.60. The molecule has 0 N–H and O–H groups in total. The van der Waals surface area contributed by atoms with Crippen molar-refractivity contribution in [1.29, 1.82) is 0 Å². The third-order valence-electron chi connectivity index (χ3n) is 4.19. The molecule has 3 fully saturated rings. The Bertz CT molecular complexity index is 512. The molecule has 9 nitrogen and oxygen atoms in total. The summed E-state index contributed by atoms with van der Waals surface area (Å²) in [5.74, 6) is -0.768. The molecule has 0 aromatic rings. The second kappa shape index (κ2) is 4.51. The summed E-state index contributed by atoms with van der Waals surface area (Å²) >= 11 is 0. The zero-order valence-electron chi connectivity index (χ0n) is 11.3. The third kappa shape index (κ3) is 1.91. The SMILES string of the molecule is CC1(C)OC2C(N=[N+]=[N-])C3CCC(CN=[N+]=[N-])(O3)C2O1. The Kier molecular flexibility index (Phi) is 3.04. The van der Waals surface area contributed by atoms with E-state index in [9.17, 15) is 0 Å². The zero-order chi connectivity index (χ0) is 14.4. The van der Waals surface area contributed by atoms with Gasteiger partial charge in [0.25, 0.3) is 0 Å². The average molecular weight is 280 g/mol. The minimum absolute atomic E-state index is 0.198. The molecule has 0 aromatic carbocycles. The van der Waals surface area contributed by atoms with Gasteiger partial charge in [-0.15, -0.1) is 0 Å². The predicted octanol–water partition coefficient (Wildman–Crippen LogP) is 2.43. The van der Waals surface area contributed by atoms with Crippen molar-refractivity contribution in [2.24, 2.45) is 10.2 Å². The number of hydrogen-bond acceptors (Lipinski definition) is 5. The lowest BCUT2D eigenvalue weighted by molar-refractivity contribution is -0.179. The first-order chi connectivity index (χ1) is 9.51. The third-order valence-corrected chi connectivity index (χ3v) is 4.19. The molecule has 3 aliphatic rings. The monoisotopic (exact) mass is 280 g/mol. The first-order valence-corrected chi connectivity index (χ1v) is 6.60. The van der Waals surface area contributed by atoms with Gasteiger partial charge in [-0.1, -0.05) is 10.2 Å². The van der Waals surface area contributed by atoms with Gasteiger partial charge in [0, 0.05) is 9.82 Å². The Morgan fingerprint density at radius 2 is 2.00 bits per heavy atom. The van der Waals surface area contributed by atoms with Crippen LogP contribution in [0.5, 0.6) is 0 Å². The van der Waals surface area contributed by atoms with Gasteiger partial charge in [0.2, 0.25) is 0 Å². The Balaban J connectivity index is 1.97. The van der Waals surface area contributed by atoms with Crippen molar-refractivity contribution in [1.82, 2.24) is 0 Å². The van der Waals surface area contributed by atoms with Crippen molar-refractivity contribution >= 4 is 0 Å². The van der Waals surface area contributed by atoms with Crippen molar-refractivity contribution in [2.45, 2.75) is 62.4 Å². The van der Waals surface area contributed by atoms with Crippen LogP contribution in [-0.2, 0) is 14.2 Å². The van der Waals surface area contributed by atoms with Crippen LogP contribution in [0.1, 0.15) is 26.7 Å². The fraction of sp³-hybridized carbons (Fsp3) is 1.00. The van der Waals surface area contributed by atoms with Crippen LogP contribution in [0.2, 0.25) is 0 Å². The fourth-order valence-corrected chi connectivity index (χ4v) is 3.47. The molecule has 0 aromatic heterocycles. The van der Waals surface area contributed by atoms with Crippen LogP contribution in [0.25, 0.3) is 20.9 Å². The molecule has 3 heterocycles. The minimum atomic E-state index is -0.768.